The van der Waals surface area contributed by atoms with Crippen LogP contribution in [0, 0.1) is 6.92 Å². The molecule has 5 nitrogen and oxygen atoms in total. The van der Waals surface area contributed by atoms with Crippen LogP contribution in [0.15, 0.2) is 0 Å². The predicted molar refractivity (Wildman–Crippen MR) is 53.9 cm³/mol. The molecular weight excluding hydrogens is 178 g/mol. The molecule has 0 spiro atoms. The van der Waals surface area contributed by atoms with Crippen LogP contribution in [0.5, 0.6) is 0 Å². The lowest BCUT2D eigenvalue weighted by Gasteiger charge is -2.30. The van der Waals surface area contributed by atoms with Crippen LogP contribution in [0.3, 0.4) is 0 Å². The Bertz CT molecular complexity index is 295. The Hall–Kier alpha value is -0.940. The third-order valence-electron chi connectivity index (χ3n) is 2.46. The molecule has 0 radical (unpaired) electrons. The molecule has 1 fully saturated rings. The highest BCUT2D eigenvalue weighted by Gasteiger charge is 2.16. The molecule has 2 heterocycles. The molecule has 78 valence electrons. The molecular formula is C9H17N5. The van der Waals surface area contributed by atoms with Crippen molar-refractivity contribution in [2.24, 2.45) is 0 Å². The first kappa shape index (κ1) is 9.61. The summed E-state index contributed by atoms with van der Waals surface area (Å²) in [6.07, 6.45) is 0. The van der Waals surface area contributed by atoms with Gasteiger partial charge in [0, 0.05) is 25.7 Å². The molecule has 0 amide bonds. The third kappa shape index (κ3) is 2.30. The van der Waals surface area contributed by atoms with Gasteiger partial charge >= 0.3 is 0 Å². The van der Waals surface area contributed by atoms with Crippen molar-refractivity contribution in [1.29, 1.82) is 0 Å². The minimum atomic E-state index is 0.573. The average Bonchev–Trinajstić information content (AvgIpc) is 2.51. The van der Waals surface area contributed by atoms with Gasteiger partial charge in [0.15, 0.2) is 5.82 Å². The van der Waals surface area contributed by atoms with Gasteiger partial charge in [0.1, 0.15) is 5.82 Å². The number of H-pyrrole nitrogens is 1. The van der Waals surface area contributed by atoms with Crippen molar-refractivity contribution in [3.8, 4) is 0 Å². The predicted octanol–water partition coefficient (Wildman–Crippen LogP) is -0.0932. The molecule has 1 aliphatic heterocycles. The highest BCUT2D eigenvalue weighted by atomic mass is 15.3. The number of aromatic amines is 1. The van der Waals surface area contributed by atoms with E-state index < -0.39 is 0 Å². The Morgan fingerprint density at radius 1 is 1.57 bits per heavy atom. The SMILES string of the molecule is Cc1nc(CN2CCN[C@@H](C)C2)n[nH]1. The normalized spacial score (nSPS) is 24.0. The molecule has 1 aromatic rings. The van der Waals surface area contributed by atoms with E-state index in [-0.39, 0.29) is 0 Å². The molecule has 0 saturated carbocycles. The molecule has 1 aromatic heterocycles. The maximum Gasteiger partial charge on any atom is 0.164 e. The van der Waals surface area contributed by atoms with Crippen LogP contribution in [0.2, 0.25) is 0 Å². The van der Waals surface area contributed by atoms with Crippen LogP contribution >= 0.6 is 0 Å². The first-order valence-corrected chi connectivity index (χ1v) is 5.07. The zero-order chi connectivity index (χ0) is 9.97. The van der Waals surface area contributed by atoms with Crippen LogP contribution in [-0.2, 0) is 6.54 Å². The minimum Gasteiger partial charge on any atom is -0.312 e. The number of hydrogen-bond acceptors (Lipinski definition) is 4. The molecule has 0 bridgehead atoms. The number of nitrogens with one attached hydrogen (secondary N) is 2. The average molecular weight is 195 g/mol. The van der Waals surface area contributed by atoms with Crippen LogP contribution in [0.25, 0.3) is 0 Å². The molecule has 0 aliphatic carbocycles. The van der Waals surface area contributed by atoms with E-state index in [1.54, 1.807) is 0 Å². The van der Waals surface area contributed by atoms with Gasteiger partial charge in [-0.2, -0.15) is 5.10 Å². The molecule has 5 heteroatoms. The van der Waals surface area contributed by atoms with Crippen molar-refractivity contribution in [1.82, 2.24) is 25.4 Å². The Morgan fingerprint density at radius 2 is 2.43 bits per heavy atom. The lowest BCUT2D eigenvalue weighted by molar-refractivity contribution is 0.195. The summed E-state index contributed by atoms with van der Waals surface area (Å²) in [5.41, 5.74) is 0. The Balaban J connectivity index is 1.90. The van der Waals surface area contributed by atoms with E-state index in [1.165, 1.54) is 0 Å². The smallest absolute Gasteiger partial charge is 0.164 e. The van der Waals surface area contributed by atoms with E-state index in [2.05, 4.69) is 32.3 Å². The van der Waals surface area contributed by atoms with Gasteiger partial charge in [0.05, 0.1) is 6.54 Å². The molecule has 1 aliphatic rings. The summed E-state index contributed by atoms with van der Waals surface area (Å²) in [5.74, 6) is 1.79. The van der Waals surface area contributed by atoms with E-state index in [4.69, 9.17) is 0 Å². The van der Waals surface area contributed by atoms with Crippen LogP contribution < -0.4 is 5.32 Å². The van der Waals surface area contributed by atoms with E-state index >= 15 is 0 Å². The highest BCUT2D eigenvalue weighted by molar-refractivity contribution is 4.89. The van der Waals surface area contributed by atoms with E-state index in [9.17, 15) is 0 Å². The topological polar surface area (TPSA) is 56.8 Å². The van der Waals surface area contributed by atoms with E-state index in [0.717, 1.165) is 37.8 Å². The molecule has 1 atom stereocenters. The van der Waals surface area contributed by atoms with Crippen molar-refractivity contribution in [2.45, 2.75) is 26.4 Å². The summed E-state index contributed by atoms with van der Waals surface area (Å²) >= 11 is 0. The van der Waals surface area contributed by atoms with Gasteiger partial charge in [-0.25, -0.2) is 4.98 Å². The second-order valence-corrected chi connectivity index (χ2v) is 3.93. The van der Waals surface area contributed by atoms with E-state index in [1.807, 2.05) is 6.92 Å². The summed E-state index contributed by atoms with van der Waals surface area (Å²) < 4.78 is 0. The molecule has 0 aromatic carbocycles. The fraction of sp³-hybridized carbons (Fsp3) is 0.778. The summed E-state index contributed by atoms with van der Waals surface area (Å²) in [7, 11) is 0. The maximum atomic E-state index is 4.30. The monoisotopic (exact) mass is 195 g/mol. The van der Waals surface area contributed by atoms with E-state index in [0.29, 0.717) is 6.04 Å². The van der Waals surface area contributed by atoms with Crippen molar-refractivity contribution < 1.29 is 0 Å². The van der Waals surface area contributed by atoms with Crippen LogP contribution in [-0.4, -0.2) is 45.8 Å². The maximum absolute atomic E-state index is 4.30. The number of aryl methyl sites for hydroxylation is 1. The van der Waals surface area contributed by atoms with Crippen LogP contribution in [0.1, 0.15) is 18.6 Å². The third-order valence-corrected chi connectivity index (χ3v) is 2.46. The number of rotatable bonds is 2. The van der Waals surface area contributed by atoms with Gasteiger partial charge in [0.2, 0.25) is 0 Å². The second kappa shape index (κ2) is 4.06. The second-order valence-electron chi connectivity index (χ2n) is 3.93. The van der Waals surface area contributed by atoms with Gasteiger partial charge in [-0.1, -0.05) is 0 Å². The number of piperazine rings is 1. The first-order valence-electron chi connectivity index (χ1n) is 5.07. The fourth-order valence-electron chi connectivity index (χ4n) is 1.82. The van der Waals surface area contributed by atoms with Crippen molar-refractivity contribution >= 4 is 0 Å². The van der Waals surface area contributed by atoms with Gasteiger partial charge in [-0.15, -0.1) is 0 Å². The zero-order valence-electron chi connectivity index (χ0n) is 8.75. The lowest BCUT2D eigenvalue weighted by Crippen LogP contribution is -2.48. The molecule has 0 unspecified atom stereocenters. The Labute approximate surface area is 83.9 Å². The number of hydrogen-bond donors (Lipinski definition) is 2. The van der Waals surface area contributed by atoms with Gasteiger partial charge < -0.3 is 5.32 Å². The van der Waals surface area contributed by atoms with Crippen molar-refractivity contribution in [2.75, 3.05) is 19.6 Å². The first-order chi connectivity index (χ1) is 6.74. The zero-order valence-corrected chi connectivity index (χ0v) is 8.75. The van der Waals surface area contributed by atoms with Gasteiger partial charge in [0.25, 0.3) is 0 Å². The number of aromatic nitrogens is 3. The standard InChI is InChI=1S/C9H17N5/c1-7-5-14(4-3-10-7)6-9-11-8(2)12-13-9/h7,10H,3-6H2,1-2H3,(H,11,12,13)/t7-/m0/s1. The quantitative estimate of drug-likeness (QED) is 0.692. The van der Waals surface area contributed by atoms with Crippen LogP contribution in [0.4, 0.5) is 0 Å². The lowest BCUT2D eigenvalue weighted by atomic mass is 10.2. The molecule has 2 rings (SSSR count). The minimum absolute atomic E-state index is 0.573. The summed E-state index contributed by atoms with van der Waals surface area (Å²) in [6.45, 7) is 8.21. The Kier molecular flexibility index (Phi) is 2.79. The molecule has 2 N–H and O–H groups in total. The number of nitrogens with zero attached hydrogens (tertiary/aromatic N) is 3. The van der Waals surface area contributed by atoms with Crippen molar-refractivity contribution in [3.63, 3.8) is 0 Å². The molecule has 1 saturated heterocycles. The summed E-state index contributed by atoms with van der Waals surface area (Å²) in [4.78, 5) is 6.68. The fourth-order valence-corrected chi connectivity index (χ4v) is 1.82. The molecule has 14 heavy (non-hydrogen) atoms. The summed E-state index contributed by atoms with van der Waals surface area (Å²) in [6, 6.07) is 0.573. The highest BCUT2D eigenvalue weighted by Crippen LogP contribution is 2.03. The summed E-state index contributed by atoms with van der Waals surface area (Å²) in [5, 5.41) is 10.4. The van der Waals surface area contributed by atoms with Crippen molar-refractivity contribution in [3.05, 3.63) is 11.6 Å². The van der Waals surface area contributed by atoms with Gasteiger partial charge in [-0.3, -0.25) is 10.00 Å². The van der Waals surface area contributed by atoms with Gasteiger partial charge in [-0.05, 0) is 13.8 Å². The largest absolute Gasteiger partial charge is 0.312 e. The Morgan fingerprint density at radius 3 is 3.07 bits per heavy atom.